The van der Waals surface area contributed by atoms with Crippen molar-refractivity contribution in [2.75, 3.05) is 20.2 Å². The topological polar surface area (TPSA) is 55.8 Å². The Kier molecular flexibility index (Phi) is 6.01. The van der Waals surface area contributed by atoms with Gasteiger partial charge < -0.3 is 14.4 Å². The number of halogens is 1. The molecule has 0 saturated carbocycles. The largest absolute Gasteiger partial charge is 0.490 e. The molecule has 142 valence electrons. The second kappa shape index (κ2) is 8.44. The molecule has 6 heteroatoms. The number of carbonyl (C=O) groups excluding carboxylic acids is 2. The van der Waals surface area contributed by atoms with E-state index in [0.717, 1.165) is 24.2 Å². The van der Waals surface area contributed by atoms with Crippen molar-refractivity contribution in [1.29, 1.82) is 0 Å². The van der Waals surface area contributed by atoms with Crippen LogP contribution in [0, 0.1) is 6.92 Å². The first-order chi connectivity index (χ1) is 13.0. The Labute approximate surface area is 163 Å². The molecule has 1 amide bonds. The van der Waals surface area contributed by atoms with Crippen LogP contribution in [0.2, 0.25) is 5.02 Å². The molecule has 27 heavy (non-hydrogen) atoms. The number of likely N-dealkylation sites (tertiary alicyclic amines) is 1. The van der Waals surface area contributed by atoms with Crippen LogP contribution in [0.1, 0.15) is 39.1 Å². The average molecular weight is 388 g/mol. The Morgan fingerprint density at radius 2 is 1.74 bits per heavy atom. The van der Waals surface area contributed by atoms with Crippen LogP contribution in [-0.4, -0.2) is 43.1 Å². The SMILES string of the molecule is COC(=O)c1ccc(C(=O)N2CCC(Oc3ccc(Cl)cc3)CC2)cc1C. The number of ether oxygens (including phenoxy) is 2. The summed E-state index contributed by atoms with van der Waals surface area (Å²) >= 11 is 5.89. The number of esters is 1. The molecule has 5 nitrogen and oxygen atoms in total. The summed E-state index contributed by atoms with van der Waals surface area (Å²) in [5.41, 5.74) is 1.79. The highest BCUT2D eigenvalue weighted by atomic mass is 35.5. The molecule has 3 rings (SSSR count). The zero-order valence-electron chi connectivity index (χ0n) is 15.4. The number of hydrogen-bond donors (Lipinski definition) is 0. The maximum absolute atomic E-state index is 12.8. The highest BCUT2D eigenvalue weighted by Crippen LogP contribution is 2.22. The minimum atomic E-state index is -0.397. The fourth-order valence-electron chi connectivity index (χ4n) is 3.20. The van der Waals surface area contributed by atoms with Gasteiger partial charge in [-0.25, -0.2) is 4.79 Å². The molecule has 1 aliphatic rings. The Morgan fingerprint density at radius 3 is 2.33 bits per heavy atom. The molecule has 0 bridgehead atoms. The van der Waals surface area contributed by atoms with E-state index < -0.39 is 5.97 Å². The predicted molar refractivity (Wildman–Crippen MR) is 104 cm³/mol. The Morgan fingerprint density at radius 1 is 1.07 bits per heavy atom. The lowest BCUT2D eigenvalue weighted by molar-refractivity contribution is 0.0584. The van der Waals surface area contributed by atoms with Crippen molar-refractivity contribution in [2.45, 2.75) is 25.9 Å². The molecule has 0 unspecified atom stereocenters. The van der Waals surface area contributed by atoms with E-state index in [4.69, 9.17) is 21.1 Å². The molecular weight excluding hydrogens is 366 g/mol. The third kappa shape index (κ3) is 4.61. The van der Waals surface area contributed by atoms with Gasteiger partial charge in [0.1, 0.15) is 11.9 Å². The van der Waals surface area contributed by atoms with E-state index in [1.165, 1.54) is 7.11 Å². The molecule has 1 heterocycles. The van der Waals surface area contributed by atoms with Crippen LogP contribution in [0.25, 0.3) is 0 Å². The maximum atomic E-state index is 12.8. The third-order valence-corrected chi connectivity index (χ3v) is 4.98. The normalized spacial score (nSPS) is 14.7. The monoisotopic (exact) mass is 387 g/mol. The molecule has 1 fully saturated rings. The van der Waals surface area contributed by atoms with Crippen molar-refractivity contribution in [3.63, 3.8) is 0 Å². The summed E-state index contributed by atoms with van der Waals surface area (Å²) in [4.78, 5) is 26.3. The fourth-order valence-corrected chi connectivity index (χ4v) is 3.33. The molecule has 1 aliphatic heterocycles. The molecule has 0 N–H and O–H groups in total. The Balaban J connectivity index is 1.59. The summed E-state index contributed by atoms with van der Waals surface area (Å²) in [6.07, 6.45) is 1.62. The smallest absolute Gasteiger partial charge is 0.338 e. The molecule has 0 radical (unpaired) electrons. The van der Waals surface area contributed by atoms with Gasteiger partial charge in [0.2, 0.25) is 0 Å². The minimum Gasteiger partial charge on any atom is -0.490 e. The summed E-state index contributed by atoms with van der Waals surface area (Å²) in [7, 11) is 1.34. The molecular formula is C21H22ClNO4. The van der Waals surface area contributed by atoms with Crippen molar-refractivity contribution in [3.05, 3.63) is 64.2 Å². The van der Waals surface area contributed by atoms with E-state index in [1.54, 1.807) is 37.3 Å². The Hall–Kier alpha value is -2.53. The van der Waals surface area contributed by atoms with Crippen LogP contribution in [-0.2, 0) is 4.74 Å². The van der Waals surface area contributed by atoms with Gasteiger partial charge in [-0.1, -0.05) is 11.6 Å². The molecule has 0 spiro atoms. The van der Waals surface area contributed by atoms with Crippen LogP contribution in [0.4, 0.5) is 0 Å². The van der Waals surface area contributed by atoms with E-state index >= 15 is 0 Å². The molecule has 0 atom stereocenters. The summed E-state index contributed by atoms with van der Waals surface area (Å²) in [6.45, 7) is 3.07. The summed E-state index contributed by atoms with van der Waals surface area (Å²) in [6, 6.07) is 12.4. The minimum absolute atomic E-state index is 0.0283. The van der Waals surface area contributed by atoms with Crippen LogP contribution >= 0.6 is 11.6 Å². The first kappa shape index (κ1) is 19.2. The van der Waals surface area contributed by atoms with Gasteiger partial charge in [-0.2, -0.15) is 0 Å². The number of aryl methyl sites for hydroxylation is 1. The first-order valence-electron chi connectivity index (χ1n) is 8.88. The van der Waals surface area contributed by atoms with Gasteiger partial charge in [0.15, 0.2) is 0 Å². The second-order valence-electron chi connectivity index (χ2n) is 6.58. The van der Waals surface area contributed by atoms with Gasteiger partial charge in [-0.15, -0.1) is 0 Å². The summed E-state index contributed by atoms with van der Waals surface area (Å²) in [5, 5.41) is 0.677. The number of nitrogens with zero attached hydrogens (tertiary/aromatic N) is 1. The van der Waals surface area contributed by atoms with Gasteiger partial charge in [0.25, 0.3) is 5.91 Å². The number of rotatable bonds is 4. The van der Waals surface area contributed by atoms with Crippen molar-refractivity contribution in [1.82, 2.24) is 4.90 Å². The van der Waals surface area contributed by atoms with Gasteiger partial charge in [0.05, 0.1) is 12.7 Å². The van der Waals surface area contributed by atoms with Crippen molar-refractivity contribution < 1.29 is 19.1 Å². The van der Waals surface area contributed by atoms with E-state index in [9.17, 15) is 9.59 Å². The number of methoxy groups -OCH3 is 1. The first-order valence-corrected chi connectivity index (χ1v) is 9.26. The summed E-state index contributed by atoms with van der Waals surface area (Å²) < 4.78 is 10.7. The lowest BCUT2D eigenvalue weighted by atomic mass is 10.0. The average Bonchev–Trinajstić information content (AvgIpc) is 2.69. The molecule has 1 saturated heterocycles. The summed E-state index contributed by atoms with van der Waals surface area (Å²) in [5.74, 6) is 0.365. The van der Waals surface area contributed by atoms with Crippen LogP contribution in [0.15, 0.2) is 42.5 Å². The number of carbonyl (C=O) groups is 2. The van der Waals surface area contributed by atoms with Crippen molar-refractivity contribution >= 4 is 23.5 Å². The number of benzene rings is 2. The zero-order valence-corrected chi connectivity index (χ0v) is 16.2. The lowest BCUT2D eigenvalue weighted by Gasteiger charge is -2.32. The van der Waals surface area contributed by atoms with E-state index in [1.807, 2.05) is 17.0 Å². The quantitative estimate of drug-likeness (QED) is 0.740. The van der Waals surface area contributed by atoms with Gasteiger partial charge in [-0.05, 0) is 55.0 Å². The second-order valence-corrected chi connectivity index (χ2v) is 7.02. The van der Waals surface area contributed by atoms with Crippen molar-refractivity contribution in [3.8, 4) is 5.75 Å². The van der Waals surface area contributed by atoms with E-state index in [2.05, 4.69) is 0 Å². The van der Waals surface area contributed by atoms with Crippen LogP contribution < -0.4 is 4.74 Å². The number of amides is 1. The van der Waals surface area contributed by atoms with Gasteiger partial charge in [0, 0.05) is 36.5 Å². The van der Waals surface area contributed by atoms with Gasteiger partial charge in [-0.3, -0.25) is 4.79 Å². The van der Waals surface area contributed by atoms with Crippen molar-refractivity contribution in [2.24, 2.45) is 0 Å². The van der Waals surface area contributed by atoms with E-state index in [-0.39, 0.29) is 12.0 Å². The molecule has 0 aliphatic carbocycles. The fraction of sp³-hybridized carbons (Fsp3) is 0.333. The lowest BCUT2D eigenvalue weighted by Crippen LogP contribution is -2.41. The third-order valence-electron chi connectivity index (χ3n) is 4.72. The molecule has 2 aromatic rings. The predicted octanol–water partition coefficient (Wildman–Crippen LogP) is 4.12. The number of piperidine rings is 1. The number of hydrogen-bond acceptors (Lipinski definition) is 4. The maximum Gasteiger partial charge on any atom is 0.338 e. The van der Waals surface area contributed by atoms with E-state index in [0.29, 0.717) is 29.2 Å². The zero-order chi connectivity index (χ0) is 19.4. The Bertz CT molecular complexity index is 827. The standard InChI is InChI=1S/C21H22ClNO4/c1-14-13-15(3-8-19(14)21(25)26-2)20(24)23-11-9-18(10-12-23)27-17-6-4-16(22)5-7-17/h3-8,13,18H,9-12H2,1-2H3. The van der Waals surface area contributed by atoms with Crippen LogP contribution in [0.3, 0.4) is 0 Å². The molecule has 2 aromatic carbocycles. The molecule has 0 aromatic heterocycles. The van der Waals surface area contributed by atoms with Gasteiger partial charge >= 0.3 is 5.97 Å². The highest BCUT2D eigenvalue weighted by molar-refractivity contribution is 6.30. The highest BCUT2D eigenvalue weighted by Gasteiger charge is 2.25. The van der Waals surface area contributed by atoms with Crippen LogP contribution in [0.5, 0.6) is 5.75 Å².